The lowest BCUT2D eigenvalue weighted by atomic mass is 9.76. The van der Waals surface area contributed by atoms with Crippen LogP contribution in [0.25, 0.3) is 0 Å². The SMILES string of the molecule is CC1(C)CC(=O)CC(=Nc2ccc([NH+]([O-])O)cc2)C1. The zero-order valence-electron chi connectivity index (χ0n) is 11.1. The smallest absolute Gasteiger partial charge is 0.163 e. The van der Waals surface area contributed by atoms with Crippen LogP contribution in [0.4, 0.5) is 11.4 Å². The molecular formula is C14H18N2O3. The number of carbonyl (C=O) groups excluding carboxylic acids is 1. The summed E-state index contributed by atoms with van der Waals surface area (Å²) in [5.74, 6) is 0.220. The summed E-state index contributed by atoms with van der Waals surface area (Å²) in [6, 6.07) is 6.39. The average Bonchev–Trinajstić information content (AvgIpc) is 2.26. The first-order valence-electron chi connectivity index (χ1n) is 6.27. The van der Waals surface area contributed by atoms with Crippen LogP contribution in [0.5, 0.6) is 0 Å². The van der Waals surface area contributed by atoms with E-state index < -0.39 is 5.23 Å². The van der Waals surface area contributed by atoms with Gasteiger partial charge in [0.15, 0.2) is 5.69 Å². The number of hydrogen-bond donors (Lipinski definition) is 2. The number of carbonyl (C=O) groups is 1. The fraction of sp³-hybridized carbons (Fsp3) is 0.429. The zero-order chi connectivity index (χ0) is 14.0. The fourth-order valence-corrected chi connectivity index (χ4v) is 2.44. The molecule has 2 N–H and O–H groups in total. The average molecular weight is 262 g/mol. The van der Waals surface area contributed by atoms with Crippen LogP contribution >= 0.6 is 0 Å². The molecule has 1 aromatic rings. The van der Waals surface area contributed by atoms with Crippen LogP contribution in [-0.2, 0) is 4.79 Å². The van der Waals surface area contributed by atoms with Gasteiger partial charge in [0.25, 0.3) is 0 Å². The summed E-state index contributed by atoms with van der Waals surface area (Å²) in [6.45, 7) is 4.13. The van der Waals surface area contributed by atoms with Crippen molar-refractivity contribution in [3.05, 3.63) is 29.5 Å². The Bertz CT molecular complexity index is 504. The molecule has 19 heavy (non-hydrogen) atoms. The predicted octanol–water partition coefficient (Wildman–Crippen LogP) is 1.94. The van der Waals surface area contributed by atoms with Crippen LogP contribution in [-0.4, -0.2) is 16.7 Å². The second-order valence-electron chi connectivity index (χ2n) is 5.76. The van der Waals surface area contributed by atoms with Crippen molar-refractivity contribution in [1.29, 1.82) is 0 Å². The molecule has 0 spiro atoms. The van der Waals surface area contributed by atoms with E-state index in [-0.39, 0.29) is 16.9 Å². The van der Waals surface area contributed by atoms with E-state index in [1.807, 2.05) is 0 Å². The Balaban J connectivity index is 2.18. The normalized spacial score (nSPS) is 22.5. The van der Waals surface area contributed by atoms with E-state index in [0.717, 1.165) is 12.1 Å². The van der Waals surface area contributed by atoms with Gasteiger partial charge in [0.2, 0.25) is 0 Å². The van der Waals surface area contributed by atoms with Crippen molar-refractivity contribution in [3.8, 4) is 0 Å². The quantitative estimate of drug-likeness (QED) is 0.800. The number of Topliss-reactive ketones (excluding diaryl/α,β-unsaturated/α-hetero) is 1. The van der Waals surface area contributed by atoms with Crippen LogP contribution in [0.1, 0.15) is 33.1 Å². The van der Waals surface area contributed by atoms with Crippen LogP contribution in [0.3, 0.4) is 0 Å². The topological polar surface area (TPSA) is 77.2 Å². The van der Waals surface area contributed by atoms with E-state index >= 15 is 0 Å². The lowest BCUT2D eigenvalue weighted by Gasteiger charge is -2.29. The molecule has 1 atom stereocenters. The first kappa shape index (κ1) is 13.9. The van der Waals surface area contributed by atoms with Gasteiger partial charge in [0, 0.05) is 30.7 Å². The van der Waals surface area contributed by atoms with E-state index in [9.17, 15) is 10.0 Å². The third-order valence-corrected chi connectivity index (χ3v) is 3.16. The summed E-state index contributed by atoms with van der Waals surface area (Å²) in [7, 11) is 0. The monoisotopic (exact) mass is 262 g/mol. The number of nitrogens with zero attached hydrogens (tertiary/aromatic N) is 1. The first-order chi connectivity index (χ1) is 8.85. The van der Waals surface area contributed by atoms with Gasteiger partial charge in [-0.25, -0.2) is 5.21 Å². The molecule has 1 saturated carbocycles. The summed E-state index contributed by atoms with van der Waals surface area (Å²) in [5.41, 5.74) is 1.79. The van der Waals surface area contributed by atoms with Gasteiger partial charge in [-0.05, 0) is 24.0 Å². The molecule has 1 fully saturated rings. The number of quaternary nitrogens is 1. The second-order valence-corrected chi connectivity index (χ2v) is 5.76. The molecule has 102 valence electrons. The highest BCUT2D eigenvalue weighted by Crippen LogP contribution is 2.32. The molecule has 1 unspecified atom stereocenters. The molecule has 5 nitrogen and oxygen atoms in total. The third-order valence-electron chi connectivity index (χ3n) is 3.16. The summed E-state index contributed by atoms with van der Waals surface area (Å²) < 4.78 is 0. The van der Waals surface area contributed by atoms with E-state index in [1.165, 1.54) is 12.1 Å². The third kappa shape index (κ3) is 3.70. The predicted molar refractivity (Wildman–Crippen MR) is 72.0 cm³/mol. The van der Waals surface area contributed by atoms with Gasteiger partial charge in [0.05, 0.1) is 5.69 Å². The molecule has 1 aliphatic rings. The molecule has 0 bridgehead atoms. The number of ketones is 1. The molecule has 0 amide bonds. The van der Waals surface area contributed by atoms with Crippen LogP contribution < -0.4 is 5.23 Å². The van der Waals surface area contributed by atoms with Gasteiger partial charge in [-0.1, -0.05) is 13.8 Å². The highest BCUT2D eigenvalue weighted by atomic mass is 16.8. The molecule has 0 heterocycles. The van der Waals surface area contributed by atoms with E-state index in [0.29, 0.717) is 18.5 Å². The van der Waals surface area contributed by atoms with E-state index in [2.05, 4.69) is 18.8 Å². The molecule has 1 aromatic carbocycles. The molecule has 5 heteroatoms. The fourth-order valence-electron chi connectivity index (χ4n) is 2.44. The lowest BCUT2D eigenvalue weighted by Crippen LogP contribution is -2.99. The van der Waals surface area contributed by atoms with Gasteiger partial charge < -0.3 is 5.21 Å². The zero-order valence-corrected chi connectivity index (χ0v) is 11.1. The van der Waals surface area contributed by atoms with Crippen molar-refractivity contribution < 1.29 is 15.2 Å². The summed E-state index contributed by atoms with van der Waals surface area (Å²) in [5, 5.41) is 18.6. The van der Waals surface area contributed by atoms with Gasteiger partial charge in [-0.3, -0.25) is 9.79 Å². The van der Waals surface area contributed by atoms with Crippen molar-refractivity contribution in [2.75, 3.05) is 0 Å². The Kier molecular flexibility index (Phi) is 3.80. The maximum atomic E-state index is 11.7. The molecule has 1 aliphatic carbocycles. The minimum absolute atomic E-state index is 0.0326. The number of aliphatic imine (C=N–C) groups is 1. The highest BCUT2D eigenvalue weighted by Gasteiger charge is 2.30. The highest BCUT2D eigenvalue weighted by molar-refractivity contribution is 6.05. The molecular weight excluding hydrogens is 244 g/mol. The maximum Gasteiger partial charge on any atom is 0.163 e. The van der Waals surface area contributed by atoms with E-state index in [4.69, 9.17) is 5.21 Å². The van der Waals surface area contributed by atoms with E-state index in [1.54, 1.807) is 12.1 Å². The summed E-state index contributed by atoms with van der Waals surface area (Å²) >= 11 is 0. The molecule has 2 rings (SSSR count). The van der Waals surface area contributed by atoms with Crippen LogP contribution in [0, 0.1) is 10.6 Å². The van der Waals surface area contributed by atoms with Gasteiger partial charge in [-0.15, -0.1) is 0 Å². The summed E-state index contributed by atoms with van der Waals surface area (Å²) in [6.07, 6.45) is 1.81. The molecule has 0 saturated heterocycles. The molecule has 0 radical (unpaired) electrons. The molecule has 0 aromatic heterocycles. The first-order valence-corrected chi connectivity index (χ1v) is 6.27. The van der Waals surface area contributed by atoms with Gasteiger partial charge >= 0.3 is 0 Å². The van der Waals surface area contributed by atoms with Gasteiger partial charge in [0.1, 0.15) is 5.78 Å². The number of benzene rings is 1. The maximum absolute atomic E-state index is 11.7. The second kappa shape index (κ2) is 5.21. The Labute approximate surface area is 112 Å². The largest absolute Gasteiger partial charge is 0.595 e. The Morgan fingerprint density at radius 1 is 1.26 bits per heavy atom. The Morgan fingerprint density at radius 3 is 2.42 bits per heavy atom. The minimum atomic E-state index is -0.951. The van der Waals surface area contributed by atoms with Crippen molar-refractivity contribution in [1.82, 2.24) is 0 Å². The number of nitrogens with one attached hydrogen (secondary N) is 1. The van der Waals surface area contributed by atoms with Crippen molar-refractivity contribution in [2.24, 2.45) is 10.4 Å². The van der Waals surface area contributed by atoms with Gasteiger partial charge in [-0.2, -0.15) is 5.23 Å². The molecule has 0 aliphatic heterocycles. The van der Waals surface area contributed by atoms with Crippen molar-refractivity contribution in [2.45, 2.75) is 33.1 Å². The Morgan fingerprint density at radius 2 is 1.89 bits per heavy atom. The van der Waals surface area contributed by atoms with Crippen LogP contribution in [0.2, 0.25) is 0 Å². The van der Waals surface area contributed by atoms with Crippen molar-refractivity contribution in [3.63, 3.8) is 0 Å². The Hall–Kier alpha value is -1.56. The number of rotatable bonds is 2. The van der Waals surface area contributed by atoms with Crippen molar-refractivity contribution >= 4 is 22.9 Å². The standard InChI is InChI=1S/C14H18N2O3/c1-14(2)8-11(7-13(17)9-14)15-10-3-5-12(6-4-10)16(18)19/h3-6,16,18H,7-9H2,1-2H3. The van der Waals surface area contributed by atoms with Crippen LogP contribution in [0.15, 0.2) is 29.3 Å². The number of hydrogen-bond acceptors (Lipinski definition) is 4. The lowest BCUT2D eigenvalue weighted by molar-refractivity contribution is -0.991. The minimum Gasteiger partial charge on any atom is -0.595 e. The summed E-state index contributed by atoms with van der Waals surface area (Å²) in [4.78, 5) is 16.1.